The molecule has 3 aromatic rings. The van der Waals surface area contributed by atoms with Crippen LogP contribution in [0.3, 0.4) is 0 Å². The van der Waals surface area contributed by atoms with Crippen molar-refractivity contribution in [2.45, 2.75) is 20.0 Å². The summed E-state index contributed by atoms with van der Waals surface area (Å²) in [7, 11) is 0. The first-order chi connectivity index (χ1) is 13.6. The maximum atomic E-state index is 5.75. The quantitative estimate of drug-likeness (QED) is 0.281. The maximum absolute atomic E-state index is 5.75. The Balaban J connectivity index is 1.73. The fourth-order valence-electron chi connectivity index (χ4n) is 2.80. The molecular weight excluding hydrogens is 364 g/mol. The second kappa shape index (κ2) is 9.67. The highest BCUT2D eigenvalue weighted by atomic mass is 32.1. The van der Waals surface area contributed by atoms with Gasteiger partial charge in [-0.1, -0.05) is 72.8 Å². The average molecular weight is 389 g/mol. The van der Waals surface area contributed by atoms with E-state index in [4.69, 9.17) is 18.0 Å². The highest BCUT2D eigenvalue weighted by Gasteiger charge is 2.11. The molecular formula is C23H24N4S. The van der Waals surface area contributed by atoms with Gasteiger partial charge in [0, 0.05) is 18.8 Å². The molecule has 0 amide bonds. The molecule has 3 aromatic carbocycles. The lowest BCUT2D eigenvalue weighted by atomic mass is 10.1. The number of anilines is 1. The number of hydrogen-bond donors (Lipinski definition) is 2. The number of thiocarbonyl (C=S) groups is 1. The Bertz CT molecular complexity index is 880. The van der Waals surface area contributed by atoms with E-state index >= 15 is 0 Å². The van der Waals surface area contributed by atoms with E-state index in [9.17, 15) is 0 Å². The molecule has 0 aromatic heterocycles. The van der Waals surface area contributed by atoms with Crippen LogP contribution < -0.4 is 11.2 Å². The van der Waals surface area contributed by atoms with Gasteiger partial charge in [0.1, 0.15) is 0 Å². The summed E-state index contributed by atoms with van der Waals surface area (Å²) in [5, 5.41) is 5.06. The van der Waals surface area contributed by atoms with Crippen LogP contribution in [0.1, 0.15) is 23.6 Å². The average Bonchev–Trinajstić information content (AvgIpc) is 2.73. The van der Waals surface area contributed by atoms with Gasteiger partial charge in [-0.05, 0) is 48.0 Å². The molecule has 3 rings (SSSR count). The molecule has 0 radical (unpaired) electrons. The van der Waals surface area contributed by atoms with Gasteiger partial charge >= 0.3 is 0 Å². The Morgan fingerprint density at radius 2 is 1.36 bits per heavy atom. The van der Waals surface area contributed by atoms with Gasteiger partial charge in [-0.15, -0.1) is 0 Å². The predicted molar refractivity (Wildman–Crippen MR) is 121 cm³/mol. The van der Waals surface area contributed by atoms with E-state index in [2.05, 4.69) is 39.7 Å². The number of hydrogen-bond acceptors (Lipinski definition) is 3. The van der Waals surface area contributed by atoms with Crippen molar-refractivity contribution in [2.24, 2.45) is 5.10 Å². The second-order valence-corrected chi connectivity index (χ2v) is 6.95. The molecule has 28 heavy (non-hydrogen) atoms. The first kappa shape index (κ1) is 19.6. The topological polar surface area (TPSA) is 53.7 Å². The van der Waals surface area contributed by atoms with Crippen LogP contribution in [0.5, 0.6) is 0 Å². The van der Waals surface area contributed by atoms with Crippen LogP contribution in [0.2, 0.25) is 0 Å². The first-order valence-electron chi connectivity index (χ1n) is 9.15. The smallest absolute Gasteiger partial charge is 0.190 e. The van der Waals surface area contributed by atoms with Crippen LogP contribution in [-0.2, 0) is 13.1 Å². The van der Waals surface area contributed by atoms with E-state index in [1.165, 1.54) is 11.1 Å². The molecule has 0 aliphatic rings. The summed E-state index contributed by atoms with van der Waals surface area (Å²) < 4.78 is 0. The molecule has 4 nitrogen and oxygen atoms in total. The summed E-state index contributed by atoms with van der Waals surface area (Å²) >= 11 is 5.65. The third kappa shape index (κ3) is 5.66. The molecule has 0 spiro atoms. The molecule has 0 atom stereocenters. The maximum Gasteiger partial charge on any atom is 0.190 e. The third-order valence-electron chi connectivity index (χ3n) is 4.37. The number of hydrazone groups is 1. The van der Waals surface area contributed by atoms with E-state index in [0.717, 1.165) is 17.0 Å². The van der Waals surface area contributed by atoms with Gasteiger partial charge < -0.3 is 10.6 Å². The van der Waals surface area contributed by atoms with Crippen molar-refractivity contribution >= 4 is 28.7 Å². The fraction of sp³-hybridized carbons (Fsp3) is 0.130. The molecule has 0 saturated carbocycles. The number of nitrogen functional groups attached to an aromatic ring is 1. The number of nitrogens with two attached hydrogens (primary N) is 1. The molecule has 0 aliphatic heterocycles. The van der Waals surface area contributed by atoms with Gasteiger partial charge in [0.05, 0.1) is 5.71 Å². The van der Waals surface area contributed by atoms with Gasteiger partial charge in [0.2, 0.25) is 0 Å². The largest absolute Gasteiger partial charge is 0.399 e. The van der Waals surface area contributed by atoms with Crippen molar-refractivity contribution in [2.75, 3.05) is 5.73 Å². The fourth-order valence-corrected chi connectivity index (χ4v) is 2.97. The van der Waals surface area contributed by atoms with E-state index in [-0.39, 0.29) is 0 Å². The Morgan fingerprint density at radius 1 is 0.857 bits per heavy atom. The lowest BCUT2D eigenvalue weighted by Crippen LogP contribution is -2.36. The van der Waals surface area contributed by atoms with Gasteiger partial charge in [-0.3, -0.25) is 5.43 Å². The SMILES string of the molecule is C/C(=N/NC(=S)N(Cc1ccccc1)Cc1ccccc1)c1ccc(N)cc1. The van der Waals surface area contributed by atoms with E-state index in [1.54, 1.807) is 0 Å². The summed E-state index contributed by atoms with van der Waals surface area (Å²) in [6, 6.07) is 28.2. The first-order valence-corrected chi connectivity index (χ1v) is 9.55. The van der Waals surface area contributed by atoms with E-state index in [0.29, 0.717) is 18.2 Å². The summed E-state index contributed by atoms with van der Waals surface area (Å²) in [4.78, 5) is 2.11. The molecule has 5 heteroatoms. The van der Waals surface area contributed by atoms with Crippen LogP contribution in [0.4, 0.5) is 5.69 Å². The van der Waals surface area contributed by atoms with Crippen molar-refractivity contribution in [3.63, 3.8) is 0 Å². The van der Waals surface area contributed by atoms with Crippen LogP contribution in [0.25, 0.3) is 0 Å². The summed E-state index contributed by atoms with van der Waals surface area (Å²) in [6.07, 6.45) is 0. The normalized spacial score (nSPS) is 11.1. The summed E-state index contributed by atoms with van der Waals surface area (Å²) in [5.41, 5.74) is 13.8. The van der Waals surface area contributed by atoms with Crippen molar-refractivity contribution in [1.82, 2.24) is 10.3 Å². The molecule has 3 N–H and O–H groups in total. The standard InChI is InChI=1S/C23H24N4S/c1-18(21-12-14-22(24)15-13-21)25-26-23(28)27(16-19-8-4-2-5-9-19)17-20-10-6-3-7-11-20/h2-15H,16-17,24H2,1H3,(H,26,28)/b25-18-. The van der Waals surface area contributed by atoms with E-state index < -0.39 is 0 Å². The van der Waals surface area contributed by atoms with Gasteiger partial charge in [0.15, 0.2) is 5.11 Å². The monoisotopic (exact) mass is 388 g/mol. The number of nitrogens with zero attached hydrogens (tertiary/aromatic N) is 2. The number of benzene rings is 3. The zero-order valence-corrected chi connectivity index (χ0v) is 16.7. The van der Waals surface area contributed by atoms with Crippen molar-refractivity contribution in [3.05, 3.63) is 102 Å². The minimum absolute atomic E-state index is 0.586. The summed E-state index contributed by atoms with van der Waals surface area (Å²) in [5.74, 6) is 0. The highest BCUT2D eigenvalue weighted by molar-refractivity contribution is 7.80. The molecule has 0 bridgehead atoms. The zero-order chi connectivity index (χ0) is 19.8. The lowest BCUT2D eigenvalue weighted by molar-refractivity contribution is 0.400. The zero-order valence-electron chi connectivity index (χ0n) is 15.9. The van der Waals surface area contributed by atoms with Crippen LogP contribution in [-0.4, -0.2) is 15.7 Å². The van der Waals surface area contributed by atoms with Crippen molar-refractivity contribution in [1.29, 1.82) is 0 Å². The molecule has 0 aliphatic carbocycles. The Morgan fingerprint density at radius 3 is 1.86 bits per heavy atom. The van der Waals surface area contributed by atoms with E-state index in [1.807, 2.05) is 67.6 Å². The molecule has 0 unspecified atom stereocenters. The van der Waals surface area contributed by atoms with Crippen LogP contribution in [0, 0.1) is 0 Å². The molecule has 0 heterocycles. The third-order valence-corrected chi connectivity index (χ3v) is 4.72. The molecule has 0 fully saturated rings. The van der Waals surface area contributed by atoms with Crippen LogP contribution in [0.15, 0.2) is 90.0 Å². The van der Waals surface area contributed by atoms with Gasteiger partial charge in [-0.25, -0.2) is 0 Å². The highest BCUT2D eigenvalue weighted by Crippen LogP contribution is 2.11. The minimum Gasteiger partial charge on any atom is -0.399 e. The Hall–Kier alpha value is -3.18. The van der Waals surface area contributed by atoms with Gasteiger partial charge in [-0.2, -0.15) is 5.10 Å². The number of nitrogens with one attached hydrogen (secondary N) is 1. The molecule has 142 valence electrons. The Kier molecular flexibility index (Phi) is 6.76. The van der Waals surface area contributed by atoms with Gasteiger partial charge in [0.25, 0.3) is 0 Å². The Labute approximate surface area is 171 Å². The lowest BCUT2D eigenvalue weighted by Gasteiger charge is -2.25. The molecule has 0 saturated heterocycles. The summed E-state index contributed by atoms with van der Waals surface area (Å²) in [6.45, 7) is 3.36. The minimum atomic E-state index is 0.586. The van der Waals surface area contributed by atoms with Crippen molar-refractivity contribution < 1.29 is 0 Å². The van der Waals surface area contributed by atoms with Crippen molar-refractivity contribution in [3.8, 4) is 0 Å². The second-order valence-electron chi connectivity index (χ2n) is 6.56. The predicted octanol–water partition coefficient (Wildman–Crippen LogP) is 4.57. The number of rotatable bonds is 6. The van der Waals surface area contributed by atoms with Crippen LogP contribution >= 0.6 is 12.2 Å².